The standard InChI is InChI=1S/C26H31ClN4O4S/c1-26(2,3)20-9-7-18(8-10-20)24-28-23(35-29-24)17-30(4)25(32)19-6-5-15-31(16-19)36(33,34)22-13-11-21(27)12-14-22/h7-14,19H,5-6,15-17H2,1-4H3/t19-/m0/s1. The summed E-state index contributed by atoms with van der Waals surface area (Å²) in [4.78, 5) is 19.3. The first-order valence-corrected chi connectivity index (χ1v) is 13.7. The molecule has 0 N–H and O–H groups in total. The number of hydrogen-bond donors (Lipinski definition) is 0. The second-order valence-corrected chi connectivity index (χ2v) is 12.6. The monoisotopic (exact) mass is 530 g/mol. The number of carbonyl (C=O) groups excluding carboxylic acids is 1. The van der Waals surface area contributed by atoms with Gasteiger partial charge in [0.2, 0.25) is 27.6 Å². The van der Waals surface area contributed by atoms with Crippen molar-refractivity contribution in [1.29, 1.82) is 0 Å². The fraction of sp³-hybridized carbons (Fsp3) is 0.423. The van der Waals surface area contributed by atoms with E-state index in [9.17, 15) is 13.2 Å². The smallest absolute Gasteiger partial charge is 0.246 e. The number of carbonyl (C=O) groups is 1. The minimum Gasteiger partial charge on any atom is -0.337 e. The zero-order chi connectivity index (χ0) is 26.1. The third-order valence-electron chi connectivity index (χ3n) is 6.41. The summed E-state index contributed by atoms with van der Waals surface area (Å²) in [6.45, 7) is 7.11. The fourth-order valence-electron chi connectivity index (χ4n) is 4.27. The molecule has 10 heteroatoms. The van der Waals surface area contributed by atoms with Crippen LogP contribution in [-0.2, 0) is 26.8 Å². The summed E-state index contributed by atoms with van der Waals surface area (Å²) in [5.74, 6) is 0.185. The highest BCUT2D eigenvalue weighted by Crippen LogP contribution is 2.27. The molecule has 4 rings (SSSR count). The highest BCUT2D eigenvalue weighted by Gasteiger charge is 2.34. The highest BCUT2D eigenvalue weighted by atomic mass is 35.5. The summed E-state index contributed by atoms with van der Waals surface area (Å²) in [6.07, 6.45) is 1.22. The number of halogens is 1. The van der Waals surface area contributed by atoms with Gasteiger partial charge in [-0.1, -0.05) is 61.8 Å². The quantitative estimate of drug-likeness (QED) is 0.456. The second-order valence-electron chi connectivity index (χ2n) is 10.2. The molecule has 2 heterocycles. The topological polar surface area (TPSA) is 96.6 Å². The van der Waals surface area contributed by atoms with Gasteiger partial charge in [0.15, 0.2) is 0 Å². The molecule has 0 unspecified atom stereocenters. The van der Waals surface area contributed by atoms with E-state index in [1.807, 2.05) is 24.3 Å². The highest BCUT2D eigenvalue weighted by molar-refractivity contribution is 7.89. The molecule has 36 heavy (non-hydrogen) atoms. The van der Waals surface area contributed by atoms with Crippen molar-refractivity contribution in [3.63, 3.8) is 0 Å². The Morgan fingerprint density at radius 1 is 1.14 bits per heavy atom. The second kappa shape index (κ2) is 10.3. The van der Waals surface area contributed by atoms with E-state index in [2.05, 4.69) is 30.9 Å². The molecular weight excluding hydrogens is 500 g/mol. The van der Waals surface area contributed by atoms with Gasteiger partial charge < -0.3 is 9.42 Å². The molecule has 192 valence electrons. The average molecular weight is 531 g/mol. The van der Waals surface area contributed by atoms with E-state index in [0.717, 1.165) is 5.56 Å². The maximum atomic E-state index is 13.2. The SMILES string of the molecule is CN(Cc1nc(-c2ccc(C(C)(C)C)cc2)no1)C(=O)[C@H]1CCCN(S(=O)(=O)c2ccc(Cl)cc2)C1. The van der Waals surface area contributed by atoms with E-state index < -0.39 is 15.9 Å². The molecule has 1 aliphatic rings. The van der Waals surface area contributed by atoms with Crippen LogP contribution in [0.15, 0.2) is 57.9 Å². The van der Waals surface area contributed by atoms with Gasteiger partial charge in [-0.2, -0.15) is 9.29 Å². The van der Waals surface area contributed by atoms with E-state index in [0.29, 0.717) is 36.1 Å². The summed E-state index contributed by atoms with van der Waals surface area (Å²) >= 11 is 5.90. The number of benzene rings is 2. The molecule has 1 amide bonds. The van der Waals surface area contributed by atoms with Crippen molar-refractivity contribution in [1.82, 2.24) is 19.3 Å². The predicted octanol–water partition coefficient (Wildman–Crippen LogP) is 4.75. The normalized spacial score (nSPS) is 17.2. The minimum absolute atomic E-state index is 0.0485. The molecule has 0 bridgehead atoms. The minimum atomic E-state index is -3.71. The van der Waals surface area contributed by atoms with Crippen LogP contribution < -0.4 is 0 Å². The van der Waals surface area contributed by atoms with Gasteiger partial charge in [-0.25, -0.2) is 8.42 Å². The Balaban J connectivity index is 1.40. The lowest BCUT2D eigenvalue weighted by atomic mass is 9.87. The van der Waals surface area contributed by atoms with Crippen LogP contribution in [0.5, 0.6) is 0 Å². The van der Waals surface area contributed by atoms with Gasteiger partial charge in [0.25, 0.3) is 0 Å². The Morgan fingerprint density at radius 2 is 1.81 bits per heavy atom. The van der Waals surface area contributed by atoms with Crippen LogP contribution in [0.4, 0.5) is 0 Å². The molecule has 0 aliphatic carbocycles. The molecule has 1 aliphatic heterocycles. The molecule has 2 aromatic carbocycles. The Kier molecular flexibility index (Phi) is 7.54. The maximum absolute atomic E-state index is 13.2. The molecule has 1 aromatic heterocycles. The molecule has 8 nitrogen and oxygen atoms in total. The van der Waals surface area contributed by atoms with Crippen molar-refractivity contribution in [2.24, 2.45) is 5.92 Å². The molecule has 1 saturated heterocycles. The Bertz CT molecular complexity index is 1320. The van der Waals surface area contributed by atoms with Crippen molar-refractivity contribution < 1.29 is 17.7 Å². The first-order chi connectivity index (χ1) is 16.9. The van der Waals surface area contributed by atoms with E-state index in [-0.39, 0.29) is 29.3 Å². The lowest BCUT2D eigenvalue weighted by Gasteiger charge is -2.33. The van der Waals surface area contributed by atoms with Crippen molar-refractivity contribution in [2.75, 3.05) is 20.1 Å². The molecule has 3 aromatic rings. The lowest BCUT2D eigenvalue weighted by molar-refractivity contribution is -0.136. The van der Waals surface area contributed by atoms with Crippen LogP contribution in [0.3, 0.4) is 0 Å². The van der Waals surface area contributed by atoms with Crippen LogP contribution in [0, 0.1) is 5.92 Å². The van der Waals surface area contributed by atoms with Gasteiger partial charge in [0.1, 0.15) is 0 Å². The Hall–Kier alpha value is -2.75. The van der Waals surface area contributed by atoms with Crippen molar-refractivity contribution in [3.05, 3.63) is 65.0 Å². The van der Waals surface area contributed by atoms with Crippen molar-refractivity contribution >= 4 is 27.5 Å². The number of piperidine rings is 1. The number of amides is 1. The summed E-state index contributed by atoms with van der Waals surface area (Å²) in [6, 6.07) is 14.1. The van der Waals surface area contributed by atoms with E-state index >= 15 is 0 Å². The zero-order valence-corrected chi connectivity index (χ0v) is 22.5. The molecule has 0 saturated carbocycles. The number of aromatic nitrogens is 2. The number of rotatable bonds is 6. The van der Waals surface area contributed by atoms with Gasteiger partial charge in [0.05, 0.1) is 17.4 Å². The van der Waals surface area contributed by atoms with Gasteiger partial charge in [0, 0.05) is 30.7 Å². The summed E-state index contributed by atoms with van der Waals surface area (Å²) in [7, 11) is -2.04. The molecule has 0 radical (unpaired) electrons. The first kappa shape index (κ1) is 26.3. The van der Waals surface area contributed by atoms with Gasteiger partial charge in [-0.3, -0.25) is 4.79 Å². The third-order valence-corrected chi connectivity index (χ3v) is 8.54. The van der Waals surface area contributed by atoms with Crippen LogP contribution in [0.1, 0.15) is 45.1 Å². The van der Waals surface area contributed by atoms with Crippen molar-refractivity contribution in [3.8, 4) is 11.4 Å². The maximum Gasteiger partial charge on any atom is 0.246 e. The number of hydrogen-bond acceptors (Lipinski definition) is 6. The van der Waals surface area contributed by atoms with E-state index in [4.69, 9.17) is 16.1 Å². The van der Waals surface area contributed by atoms with Crippen LogP contribution in [-0.4, -0.2) is 53.8 Å². The van der Waals surface area contributed by atoms with E-state index in [1.165, 1.54) is 26.9 Å². The molecule has 1 atom stereocenters. The summed E-state index contributed by atoms with van der Waals surface area (Å²) < 4.78 is 32.9. The van der Waals surface area contributed by atoms with Crippen LogP contribution >= 0.6 is 11.6 Å². The van der Waals surface area contributed by atoms with Gasteiger partial charge >= 0.3 is 0 Å². The molecule has 1 fully saturated rings. The molecule has 0 spiro atoms. The van der Waals surface area contributed by atoms with Crippen LogP contribution in [0.25, 0.3) is 11.4 Å². The van der Waals surface area contributed by atoms with Crippen molar-refractivity contribution in [2.45, 2.75) is 50.5 Å². The lowest BCUT2D eigenvalue weighted by Crippen LogP contribution is -2.45. The van der Waals surface area contributed by atoms with Gasteiger partial charge in [-0.15, -0.1) is 0 Å². The number of sulfonamides is 1. The summed E-state index contributed by atoms with van der Waals surface area (Å²) in [5.41, 5.74) is 2.09. The average Bonchev–Trinajstić information content (AvgIpc) is 3.32. The third kappa shape index (κ3) is 5.79. The largest absolute Gasteiger partial charge is 0.337 e. The summed E-state index contributed by atoms with van der Waals surface area (Å²) in [5, 5.41) is 4.53. The first-order valence-electron chi connectivity index (χ1n) is 11.9. The Labute approximate surface area is 217 Å². The van der Waals surface area contributed by atoms with Gasteiger partial charge in [-0.05, 0) is 48.1 Å². The van der Waals surface area contributed by atoms with E-state index in [1.54, 1.807) is 19.2 Å². The fourth-order valence-corrected chi connectivity index (χ4v) is 5.92. The predicted molar refractivity (Wildman–Crippen MR) is 138 cm³/mol. The Morgan fingerprint density at radius 3 is 2.44 bits per heavy atom. The number of nitrogens with zero attached hydrogens (tertiary/aromatic N) is 4. The van der Waals surface area contributed by atoms with Crippen LogP contribution in [0.2, 0.25) is 5.02 Å². The zero-order valence-electron chi connectivity index (χ0n) is 20.9. The molecular formula is C26H31ClN4O4S.